The highest BCUT2D eigenvalue weighted by molar-refractivity contribution is 5.85. The molecule has 1 spiro atoms. The van der Waals surface area contributed by atoms with Crippen molar-refractivity contribution >= 4 is 5.91 Å². The van der Waals surface area contributed by atoms with Crippen LogP contribution in [-0.2, 0) is 20.8 Å². The van der Waals surface area contributed by atoms with Crippen LogP contribution in [0.4, 0.5) is 0 Å². The zero-order valence-corrected chi connectivity index (χ0v) is 17.3. The second-order valence-corrected chi connectivity index (χ2v) is 9.03. The van der Waals surface area contributed by atoms with E-state index >= 15 is 0 Å². The van der Waals surface area contributed by atoms with Gasteiger partial charge < -0.3 is 14.4 Å². The fourth-order valence-electron chi connectivity index (χ4n) is 5.80. The monoisotopic (exact) mass is 399 g/mol. The maximum atomic E-state index is 13.7. The van der Waals surface area contributed by atoms with Gasteiger partial charge in [0.05, 0.1) is 13.2 Å². The minimum absolute atomic E-state index is 0.00889. The number of hydrogen-bond acceptors (Lipinski definition) is 5. The third kappa shape index (κ3) is 3.72. The lowest BCUT2D eigenvalue weighted by Crippen LogP contribution is -2.62. The van der Waals surface area contributed by atoms with Crippen LogP contribution in [0.25, 0.3) is 0 Å². The maximum absolute atomic E-state index is 13.7. The first-order valence-corrected chi connectivity index (χ1v) is 11.3. The van der Waals surface area contributed by atoms with Crippen molar-refractivity contribution in [2.45, 2.75) is 43.9 Å². The lowest BCUT2D eigenvalue weighted by atomic mass is 9.95. The third-order valence-electron chi connectivity index (χ3n) is 7.39. The number of rotatable bonds is 4. The zero-order valence-electron chi connectivity index (χ0n) is 17.3. The Morgan fingerprint density at radius 2 is 1.69 bits per heavy atom. The van der Waals surface area contributed by atoms with Gasteiger partial charge in [0, 0.05) is 58.8 Å². The molecule has 0 N–H and O–H groups in total. The first-order valence-electron chi connectivity index (χ1n) is 11.3. The molecule has 29 heavy (non-hydrogen) atoms. The van der Waals surface area contributed by atoms with E-state index in [0.29, 0.717) is 18.4 Å². The largest absolute Gasteiger partial charge is 0.381 e. The van der Waals surface area contributed by atoms with Gasteiger partial charge in [-0.3, -0.25) is 14.6 Å². The number of hydrogen-bond donors (Lipinski definition) is 0. The number of carbonyl (C=O) groups is 1. The number of carbonyl (C=O) groups excluding carboxylic acids is 1. The van der Waals surface area contributed by atoms with Gasteiger partial charge >= 0.3 is 0 Å². The SMILES string of the molecule is O=C1[C@H]2CN(CC3CCOCC3)CCN2C2(CCOCC2)N1Cc1ccccc1. The lowest BCUT2D eigenvalue weighted by molar-refractivity contribution is -0.137. The van der Waals surface area contributed by atoms with E-state index in [-0.39, 0.29) is 11.7 Å². The molecule has 1 aromatic rings. The van der Waals surface area contributed by atoms with Crippen LogP contribution in [0.5, 0.6) is 0 Å². The zero-order chi connectivity index (χ0) is 19.7. The van der Waals surface area contributed by atoms with Crippen molar-refractivity contribution in [2.75, 3.05) is 52.6 Å². The molecule has 4 heterocycles. The molecule has 0 bridgehead atoms. The molecule has 0 radical (unpaired) electrons. The summed E-state index contributed by atoms with van der Waals surface area (Å²) in [5.74, 6) is 1.02. The predicted molar refractivity (Wildman–Crippen MR) is 110 cm³/mol. The first kappa shape index (κ1) is 19.5. The molecular formula is C23H33N3O3. The van der Waals surface area contributed by atoms with Crippen LogP contribution in [0.1, 0.15) is 31.2 Å². The van der Waals surface area contributed by atoms with Crippen LogP contribution in [0.15, 0.2) is 30.3 Å². The first-order chi connectivity index (χ1) is 14.3. The van der Waals surface area contributed by atoms with E-state index in [1.165, 1.54) is 5.56 Å². The van der Waals surface area contributed by atoms with Crippen molar-refractivity contribution < 1.29 is 14.3 Å². The fourth-order valence-corrected chi connectivity index (χ4v) is 5.80. The van der Waals surface area contributed by atoms with Crippen molar-refractivity contribution in [2.24, 2.45) is 5.92 Å². The molecule has 1 atom stereocenters. The van der Waals surface area contributed by atoms with Gasteiger partial charge in [-0.15, -0.1) is 0 Å². The van der Waals surface area contributed by atoms with Crippen LogP contribution >= 0.6 is 0 Å². The molecule has 4 aliphatic heterocycles. The number of nitrogens with zero attached hydrogens (tertiary/aromatic N) is 3. The summed E-state index contributed by atoms with van der Waals surface area (Å²) in [4.78, 5) is 20.9. The van der Waals surface area contributed by atoms with Gasteiger partial charge in [-0.05, 0) is 24.3 Å². The van der Waals surface area contributed by atoms with E-state index in [4.69, 9.17) is 9.47 Å². The summed E-state index contributed by atoms with van der Waals surface area (Å²) >= 11 is 0. The molecule has 158 valence electrons. The number of piperazine rings is 1. The van der Waals surface area contributed by atoms with Crippen LogP contribution in [0.2, 0.25) is 0 Å². The molecule has 6 nitrogen and oxygen atoms in total. The molecule has 1 aromatic carbocycles. The van der Waals surface area contributed by atoms with Crippen molar-refractivity contribution in [3.05, 3.63) is 35.9 Å². The summed E-state index contributed by atoms with van der Waals surface area (Å²) in [7, 11) is 0. The summed E-state index contributed by atoms with van der Waals surface area (Å²) in [5.41, 5.74) is 1.05. The summed E-state index contributed by atoms with van der Waals surface area (Å²) in [6.45, 7) is 7.98. The molecule has 0 aromatic heterocycles. The van der Waals surface area contributed by atoms with E-state index < -0.39 is 0 Å². The minimum atomic E-state index is -0.166. The Bertz CT molecular complexity index is 701. The van der Waals surface area contributed by atoms with Gasteiger partial charge in [0.2, 0.25) is 5.91 Å². The highest BCUT2D eigenvalue weighted by atomic mass is 16.5. The van der Waals surface area contributed by atoms with Crippen LogP contribution in [0, 0.1) is 5.92 Å². The van der Waals surface area contributed by atoms with E-state index in [1.54, 1.807) is 0 Å². The Balaban J connectivity index is 1.35. The Kier molecular flexibility index (Phi) is 5.61. The number of benzene rings is 1. The highest BCUT2D eigenvalue weighted by Gasteiger charge is 2.58. The average Bonchev–Trinajstić information content (AvgIpc) is 2.98. The predicted octanol–water partition coefficient (Wildman–Crippen LogP) is 1.95. The maximum Gasteiger partial charge on any atom is 0.243 e. The molecule has 5 rings (SSSR count). The van der Waals surface area contributed by atoms with Crippen molar-refractivity contribution in [1.82, 2.24) is 14.7 Å². The fraction of sp³-hybridized carbons (Fsp3) is 0.696. The molecule has 0 unspecified atom stereocenters. The second-order valence-electron chi connectivity index (χ2n) is 9.03. The molecule has 0 saturated carbocycles. The van der Waals surface area contributed by atoms with Crippen LogP contribution in [0.3, 0.4) is 0 Å². The Labute approximate surface area is 173 Å². The van der Waals surface area contributed by atoms with Gasteiger partial charge in [0.15, 0.2) is 0 Å². The standard InChI is InChI=1S/C23H33N3O3/c27-22-21-18-24(16-20-6-12-28-13-7-20)10-11-25(21)23(8-14-29-15-9-23)26(22)17-19-4-2-1-3-5-19/h1-5,20-21H,6-18H2/t21-/m1/s1. The molecule has 4 aliphatic rings. The summed E-state index contributed by atoms with van der Waals surface area (Å²) in [5, 5.41) is 0. The lowest BCUT2D eigenvalue weighted by Gasteiger charge is -2.49. The Hall–Kier alpha value is -1.47. The summed E-state index contributed by atoms with van der Waals surface area (Å²) < 4.78 is 11.2. The smallest absolute Gasteiger partial charge is 0.243 e. The normalized spacial score (nSPS) is 28.8. The van der Waals surface area contributed by atoms with Gasteiger partial charge in [0.1, 0.15) is 11.7 Å². The molecule has 4 saturated heterocycles. The van der Waals surface area contributed by atoms with Gasteiger partial charge in [-0.1, -0.05) is 30.3 Å². The van der Waals surface area contributed by atoms with E-state index in [1.807, 2.05) is 6.07 Å². The molecule has 4 fully saturated rings. The molecule has 1 amide bonds. The molecule has 0 aliphatic carbocycles. The number of fused-ring (bicyclic) bond motifs is 2. The Morgan fingerprint density at radius 3 is 2.45 bits per heavy atom. The molecule has 6 heteroatoms. The van der Waals surface area contributed by atoms with Gasteiger partial charge in [-0.2, -0.15) is 0 Å². The van der Waals surface area contributed by atoms with E-state index in [2.05, 4.69) is 39.0 Å². The van der Waals surface area contributed by atoms with Gasteiger partial charge in [-0.25, -0.2) is 0 Å². The van der Waals surface area contributed by atoms with Crippen LogP contribution in [-0.4, -0.2) is 84.9 Å². The van der Waals surface area contributed by atoms with E-state index in [9.17, 15) is 4.79 Å². The highest BCUT2D eigenvalue weighted by Crippen LogP contribution is 2.42. The molecular weight excluding hydrogens is 366 g/mol. The van der Waals surface area contributed by atoms with Gasteiger partial charge in [0.25, 0.3) is 0 Å². The second kappa shape index (κ2) is 8.34. The minimum Gasteiger partial charge on any atom is -0.381 e. The van der Waals surface area contributed by atoms with Crippen molar-refractivity contribution in [1.29, 1.82) is 0 Å². The van der Waals surface area contributed by atoms with Crippen LogP contribution < -0.4 is 0 Å². The number of ether oxygens (including phenoxy) is 2. The van der Waals surface area contributed by atoms with Crippen molar-refractivity contribution in [3.8, 4) is 0 Å². The van der Waals surface area contributed by atoms with Crippen molar-refractivity contribution in [3.63, 3.8) is 0 Å². The topological polar surface area (TPSA) is 45.3 Å². The average molecular weight is 400 g/mol. The third-order valence-corrected chi connectivity index (χ3v) is 7.39. The number of amides is 1. The quantitative estimate of drug-likeness (QED) is 0.774. The summed E-state index contributed by atoms with van der Waals surface area (Å²) in [6, 6.07) is 10.4. The van der Waals surface area contributed by atoms with E-state index in [0.717, 1.165) is 78.3 Å². The summed E-state index contributed by atoms with van der Waals surface area (Å²) in [6.07, 6.45) is 4.14. The Morgan fingerprint density at radius 1 is 0.966 bits per heavy atom.